The van der Waals surface area contributed by atoms with E-state index in [9.17, 15) is 0 Å². The normalized spacial score (nSPS) is 16.3. The van der Waals surface area contributed by atoms with Crippen LogP contribution in [0.25, 0.3) is 0 Å². The van der Waals surface area contributed by atoms with Crippen molar-refractivity contribution in [2.24, 2.45) is 0 Å². The van der Waals surface area contributed by atoms with Gasteiger partial charge in [-0.15, -0.1) is 11.3 Å². The molecule has 1 aliphatic heterocycles. The molecule has 0 aliphatic carbocycles. The second-order valence-corrected chi connectivity index (χ2v) is 6.45. The lowest BCUT2D eigenvalue weighted by Gasteiger charge is -2.38. The SMILES string of the molecule is Cc1cc(OC2CN(Cc3ccc(C)s3)C2)ccn1. The number of hydrogen-bond acceptors (Lipinski definition) is 4. The summed E-state index contributed by atoms with van der Waals surface area (Å²) in [5, 5.41) is 0. The van der Waals surface area contributed by atoms with E-state index in [0.717, 1.165) is 31.1 Å². The van der Waals surface area contributed by atoms with Crippen LogP contribution in [-0.2, 0) is 6.54 Å². The fourth-order valence-electron chi connectivity index (χ4n) is 2.30. The number of aryl methyl sites for hydroxylation is 2. The van der Waals surface area contributed by atoms with Crippen LogP contribution in [0.2, 0.25) is 0 Å². The Morgan fingerprint density at radius 1 is 1.32 bits per heavy atom. The molecule has 100 valence electrons. The summed E-state index contributed by atoms with van der Waals surface area (Å²) in [5.41, 5.74) is 1.00. The Kier molecular flexibility index (Phi) is 3.53. The molecule has 3 rings (SSSR count). The molecule has 19 heavy (non-hydrogen) atoms. The Labute approximate surface area is 117 Å². The fourth-order valence-corrected chi connectivity index (χ4v) is 3.23. The molecule has 0 N–H and O–H groups in total. The van der Waals surface area contributed by atoms with Gasteiger partial charge in [0.1, 0.15) is 11.9 Å². The molecule has 0 amide bonds. The Hall–Kier alpha value is -1.39. The van der Waals surface area contributed by atoms with Crippen molar-refractivity contribution in [3.63, 3.8) is 0 Å². The summed E-state index contributed by atoms with van der Waals surface area (Å²) < 4.78 is 5.93. The van der Waals surface area contributed by atoms with E-state index < -0.39 is 0 Å². The topological polar surface area (TPSA) is 25.4 Å². The molecule has 3 nitrogen and oxygen atoms in total. The average molecular weight is 274 g/mol. The summed E-state index contributed by atoms with van der Waals surface area (Å²) in [6.07, 6.45) is 2.12. The van der Waals surface area contributed by atoms with Gasteiger partial charge in [0.25, 0.3) is 0 Å². The van der Waals surface area contributed by atoms with Crippen LogP contribution in [0.4, 0.5) is 0 Å². The molecule has 0 unspecified atom stereocenters. The molecular weight excluding hydrogens is 256 g/mol. The Morgan fingerprint density at radius 3 is 2.84 bits per heavy atom. The number of pyridine rings is 1. The van der Waals surface area contributed by atoms with Crippen LogP contribution < -0.4 is 4.74 Å². The Bertz CT molecular complexity index is 561. The van der Waals surface area contributed by atoms with Gasteiger partial charge in [0, 0.05) is 47.3 Å². The number of ether oxygens (including phenoxy) is 1. The molecule has 1 aliphatic rings. The van der Waals surface area contributed by atoms with E-state index in [0.29, 0.717) is 6.10 Å². The van der Waals surface area contributed by atoms with Crippen molar-refractivity contribution in [1.82, 2.24) is 9.88 Å². The second kappa shape index (κ2) is 5.31. The molecule has 1 fully saturated rings. The van der Waals surface area contributed by atoms with Crippen molar-refractivity contribution in [3.05, 3.63) is 45.9 Å². The first-order valence-electron chi connectivity index (χ1n) is 6.56. The minimum atomic E-state index is 0.322. The molecule has 3 heterocycles. The van der Waals surface area contributed by atoms with Crippen molar-refractivity contribution in [2.45, 2.75) is 26.5 Å². The molecule has 0 bridgehead atoms. The smallest absolute Gasteiger partial charge is 0.124 e. The van der Waals surface area contributed by atoms with Crippen LogP contribution in [-0.4, -0.2) is 29.1 Å². The van der Waals surface area contributed by atoms with Crippen LogP contribution in [0.5, 0.6) is 5.75 Å². The largest absolute Gasteiger partial charge is 0.488 e. The van der Waals surface area contributed by atoms with Gasteiger partial charge >= 0.3 is 0 Å². The zero-order valence-corrected chi connectivity index (χ0v) is 12.1. The number of hydrogen-bond donors (Lipinski definition) is 0. The maximum atomic E-state index is 5.93. The standard InChI is InChI=1S/C15H18N2OS/c1-11-7-13(5-6-16-11)18-14-8-17(9-14)10-15-4-3-12(2)19-15/h3-7,14H,8-10H2,1-2H3. The molecule has 0 saturated carbocycles. The predicted octanol–water partition coefficient (Wildman–Crippen LogP) is 3.02. The average Bonchev–Trinajstić information content (AvgIpc) is 2.72. The van der Waals surface area contributed by atoms with Gasteiger partial charge in [0.15, 0.2) is 0 Å². The molecular formula is C15H18N2OS. The van der Waals surface area contributed by atoms with E-state index in [1.54, 1.807) is 6.20 Å². The third-order valence-electron chi connectivity index (χ3n) is 3.27. The minimum Gasteiger partial charge on any atom is -0.488 e. The fraction of sp³-hybridized carbons (Fsp3) is 0.400. The third kappa shape index (κ3) is 3.14. The second-order valence-electron chi connectivity index (χ2n) is 5.08. The third-order valence-corrected chi connectivity index (χ3v) is 4.26. The summed E-state index contributed by atoms with van der Waals surface area (Å²) >= 11 is 1.88. The van der Waals surface area contributed by atoms with Crippen molar-refractivity contribution in [2.75, 3.05) is 13.1 Å². The van der Waals surface area contributed by atoms with E-state index in [1.165, 1.54) is 9.75 Å². The van der Waals surface area contributed by atoms with Gasteiger partial charge < -0.3 is 4.74 Å². The van der Waals surface area contributed by atoms with Crippen molar-refractivity contribution in [3.8, 4) is 5.75 Å². The summed E-state index contributed by atoms with van der Waals surface area (Å²) in [5.74, 6) is 0.934. The number of aromatic nitrogens is 1. The Balaban J connectivity index is 1.48. The van der Waals surface area contributed by atoms with E-state index in [4.69, 9.17) is 4.74 Å². The molecule has 2 aromatic rings. The van der Waals surface area contributed by atoms with E-state index >= 15 is 0 Å². The molecule has 0 radical (unpaired) electrons. The molecule has 0 spiro atoms. The lowest BCUT2D eigenvalue weighted by Crippen LogP contribution is -2.52. The first kappa shape index (κ1) is 12.6. The highest BCUT2D eigenvalue weighted by molar-refractivity contribution is 7.11. The summed E-state index contributed by atoms with van der Waals surface area (Å²) in [7, 11) is 0. The van der Waals surface area contributed by atoms with Crippen LogP contribution >= 0.6 is 11.3 Å². The molecule has 1 saturated heterocycles. The maximum absolute atomic E-state index is 5.93. The van der Waals surface area contributed by atoms with Gasteiger partial charge in [-0.05, 0) is 32.0 Å². The summed E-state index contributed by atoms with van der Waals surface area (Å²) in [6, 6.07) is 8.33. The van der Waals surface area contributed by atoms with Crippen molar-refractivity contribution in [1.29, 1.82) is 0 Å². The van der Waals surface area contributed by atoms with Crippen molar-refractivity contribution >= 4 is 11.3 Å². The molecule has 0 atom stereocenters. The lowest BCUT2D eigenvalue weighted by molar-refractivity contribution is 0.0151. The highest BCUT2D eigenvalue weighted by Gasteiger charge is 2.28. The number of thiophene rings is 1. The molecule has 0 aromatic carbocycles. The van der Waals surface area contributed by atoms with Crippen LogP contribution in [0, 0.1) is 13.8 Å². The first-order chi connectivity index (χ1) is 9.19. The van der Waals surface area contributed by atoms with Gasteiger partial charge in [-0.2, -0.15) is 0 Å². The highest BCUT2D eigenvalue weighted by Crippen LogP contribution is 2.22. The van der Waals surface area contributed by atoms with Crippen molar-refractivity contribution < 1.29 is 4.74 Å². The van der Waals surface area contributed by atoms with Gasteiger partial charge in [-0.3, -0.25) is 9.88 Å². The monoisotopic (exact) mass is 274 g/mol. The number of nitrogens with zero attached hydrogens (tertiary/aromatic N) is 2. The summed E-state index contributed by atoms with van der Waals surface area (Å²) in [4.78, 5) is 9.42. The number of rotatable bonds is 4. The maximum Gasteiger partial charge on any atom is 0.124 e. The highest BCUT2D eigenvalue weighted by atomic mass is 32.1. The van der Waals surface area contributed by atoms with Gasteiger partial charge in [0.05, 0.1) is 0 Å². The lowest BCUT2D eigenvalue weighted by atomic mass is 10.1. The van der Waals surface area contributed by atoms with E-state index in [1.807, 2.05) is 30.4 Å². The first-order valence-corrected chi connectivity index (χ1v) is 7.38. The predicted molar refractivity (Wildman–Crippen MR) is 77.7 cm³/mol. The number of likely N-dealkylation sites (tertiary alicyclic amines) is 1. The van der Waals surface area contributed by atoms with Gasteiger partial charge in [-0.25, -0.2) is 0 Å². The van der Waals surface area contributed by atoms with Crippen LogP contribution in [0.15, 0.2) is 30.5 Å². The Morgan fingerprint density at radius 2 is 2.16 bits per heavy atom. The summed E-state index contributed by atoms with van der Waals surface area (Å²) in [6.45, 7) is 7.21. The molecule has 2 aromatic heterocycles. The quantitative estimate of drug-likeness (QED) is 0.857. The minimum absolute atomic E-state index is 0.322. The van der Waals surface area contributed by atoms with Gasteiger partial charge in [0.2, 0.25) is 0 Å². The van der Waals surface area contributed by atoms with E-state index in [2.05, 4.69) is 28.9 Å². The van der Waals surface area contributed by atoms with E-state index in [-0.39, 0.29) is 0 Å². The zero-order valence-electron chi connectivity index (χ0n) is 11.3. The van der Waals surface area contributed by atoms with Crippen LogP contribution in [0.1, 0.15) is 15.4 Å². The van der Waals surface area contributed by atoms with Crippen LogP contribution in [0.3, 0.4) is 0 Å². The zero-order chi connectivity index (χ0) is 13.2. The molecule has 4 heteroatoms. The van der Waals surface area contributed by atoms with Gasteiger partial charge in [-0.1, -0.05) is 0 Å².